The van der Waals surface area contributed by atoms with Crippen LogP contribution in [0, 0.1) is 13.8 Å². The molecule has 0 aliphatic rings. The van der Waals surface area contributed by atoms with E-state index in [1.807, 2.05) is 178 Å². The van der Waals surface area contributed by atoms with E-state index in [1.54, 1.807) is 12.7 Å². The van der Waals surface area contributed by atoms with Crippen molar-refractivity contribution in [2.24, 2.45) is 0 Å². The Morgan fingerprint density at radius 1 is 0.178 bits per heavy atom. The summed E-state index contributed by atoms with van der Waals surface area (Å²) in [6.07, 6.45) is 6.92. The molecule has 0 amide bonds. The van der Waals surface area contributed by atoms with E-state index in [9.17, 15) is 0 Å². The number of para-hydroxylation sites is 22. The zero-order valence-electron chi connectivity index (χ0n) is 72.3. The molecule has 634 valence electrons. The van der Waals surface area contributed by atoms with Crippen LogP contribution in [0.3, 0.4) is 0 Å². The van der Waals surface area contributed by atoms with Crippen molar-refractivity contribution in [3.05, 3.63) is 406 Å². The molecule has 23 heteroatoms. The normalized spacial score (nSPS) is 11.9. The minimum Gasteiger partial charge on any atom is -0.310 e. The molecule has 0 saturated carbocycles. The van der Waals surface area contributed by atoms with Crippen molar-refractivity contribution in [1.82, 2.24) is 105 Å². The number of hydrogen-bond donors (Lipinski definition) is 0. The van der Waals surface area contributed by atoms with E-state index in [4.69, 9.17) is 54.8 Å². The summed E-state index contributed by atoms with van der Waals surface area (Å²) in [5, 5.41) is 6.34. The average molecular weight is 1740 g/mol. The number of hydrogen-bond acceptors (Lipinski definition) is 15. The molecule has 0 spiro atoms. The largest absolute Gasteiger partial charge is 0.310 e. The van der Waals surface area contributed by atoms with Gasteiger partial charge in [-0.25, -0.2) is 69.8 Å². The first kappa shape index (κ1) is 76.2. The van der Waals surface area contributed by atoms with Crippen LogP contribution in [0.1, 0.15) is 11.4 Å². The molecule has 0 saturated heterocycles. The van der Waals surface area contributed by atoms with Gasteiger partial charge in [0.25, 0.3) is 0 Å². The highest BCUT2D eigenvalue weighted by molar-refractivity contribution is 6.13. The molecule has 0 bridgehead atoms. The van der Waals surface area contributed by atoms with Crippen molar-refractivity contribution in [2.75, 3.05) is 4.90 Å². The average Bonchev–Trinajstić information content (AvgIpc) is 1.58. The zero-order chi connectivity index (χ0) is 89.0. The van der Waals surface area contributed by atoms with Crippen molar-refractivity contribution in [3.63, 3.8) is 0 Å². The molecule has 30 rings (SSSR count). The fourth-order valence-electron chi connectivity index (χ4n) is 19.8. The van der Waals surface area contributed by atoms with Gasteiger partial charge in [0.1, 0.15) is 23.8 Å². The first-order valence-corrected chi connectivity index (χ1v) is 44.6. The Morgan fingerprint density at radius 2 is 0.452 bits per heavy atom. The van der Waals surface area contributed by atoms with Crippen LogP contribution in [0.25, 0.3) is 221 Å². The number of rotatable bonds is 3. The molecule has 0 aliphatic heterocycles. The summed E-state index contributed by atoms with van der Waals surface area (Å²) in [5.41, 5.74) is 36.4. The van der Waals surface area contributed by atoms with E-state index in [0.717, 1.165) is 250 Å². The van der Waals surface area contributed by atoms with Crippen LogP contribution in [0.15, 0.2) is 395 Å². The van der Waals surface area contributed by atoms with Gasteiger partial charge in [-0.05, 0) is 172 Å². The first-order chi connectivity index (χ1) is 66.8. The second-order valence-corrected chi connectivity index (χ2v) is 33.4. The number of benzene rings is 15. The van der Waals surface area contributed by atoms with Crippen molar-refractivity contribution < 1.29 is 0 Å². The van der Waals surface area contributed by atoms with E-state index in [-0.39, 0.29) is 0 Å². The first-order valence-electron chi connectivity index (χ1n) is 44.6. The molecule has 15 aromatic carbocycles. The zero-order valence-corrected chi connectivity index (χ0v) is 72.3. The molecule has 0 atom stereocenters. The molecule has 135 heavy (non-hydrogen) atoms. The van der Waals surface area contributed by atoms with Crippen LogP contribution in [0.4, 0.5) is 17.1 Å². The van der Waals surface area contributed by atoms with E-state index in [0.29, 0.717) is 0 Å². The second kappa shape index (κ2) is 30.4. The number of imidazole rings is 8. The summed E-state index contributed by atoms with van der Waals surface area (Å²) < 4.78 is 17.5. The van der Waals surface area contributed by atoms with Crippen LogP contribution >= 0.6 is 0 Å². The highest BCUT2D eigenvalue weighted by Crippen LogP contribution is 2.42. The fourth-order valence-corrected chi connectivity index (χ4v) is 19.8. The fraction of sp³-hybridized carbons (Fsp3) is 0.0179. The summed E-state index contributed by atoms with van der Waals surface area (Å²) in [6.45, 7) is 4.01. The monoisotopic (exact) mass is 1740 g/mol. The highest BCUT2D eigenvalue weighted by Gasteiger charge is 2.25. The van der Waals surface area contributed by atoms with Crippen LogP contribution in [-0.2, 0) is 0 Å². The number of anilines is 3. The Morgan fingerprint density at radius 3 is 0.852 bits per heavy atom. The standard InChI is InChI=1S/C38H25N5.C26H18N6.2C24H14N6/c1-3-13-26(14-4-1)41(27-15-5-2-6-16-27)28-23-24-30-29-17-7-10-20-33(29)42-34-21-11-8-18-31(34)39-37(42)38-40-32-19-9-12-22-35(32)43(38)36(30)25-28;1-15-16(2)28-24-23(27-15)17-9-3-6-12-20(17)31-21-13-7-4-10-18(21)29-25(31)26-30-19-11-5-8-14-22(19)32(24)26;1-4-10-19-15(7-1)16-13-25-14-26-22(16)30-21-12-6-3-9-18(21)28-24(30)23-27-17-8-2-5-11-20(17)29(19)23;1-4-10-18-15(7-1)22-21(13-25-14-26-22)30-20-12-6-3-9-17(20)28-24(30)23-27-16-8-2-5-11-19(16)29(18)23/h1-25H;3-14H,1-2H3;2*1-14H. The third-order valence-electron chi connectivity index (χ3n) is 25.8. The molecule has 0 N–H and O–H groups in total. The van der Waals surface area contributed by atoms with Crippen LogP contribution in [0.5, 0.6) is 0 Å². The van der Waals surface area contributed by atoms with Crippen molar-refractivity contribution in [2.45, 2.75) is 13.8 Å². The molecule has 15 aromatic heterocycles. The van der Waals surface area contributed by atoms with E-state index in [1.165, 1.54) is 0 Å². The summed E-state index contributed by atoms with van der Waals surface area (Å²) in [4.78, 5) is 70.9. The van der Waals surface area contributed by atoms with E-state index in [2.05, 4.69) is 273 Å². The lowest BCUT2D eigenvalue weighted by Gasteiger charge is -2.25. The van der Waals surface area contributed by atoms with Gasteiger partial charge in [-0.2, -0.15) is 0 Å². The molecular formula is C112H71N23. The topological polar surface area (TPSA) is 219 Å². The molecule has 0 fully saturated rings. The van der Waals surface area contributed by atoms with Crippen LogP contribution in [-0.4, -0.2) is 105 Å². The van der Waals surface area contributed by atoms with Crippen molar-refractivity contribution in [3.8, 4) is 0 Å². The maximum Gasteiger partial charge on any atom is 0.183 e. The quantitative estimate of drug-likeness (QED) is 0.161. The predicted octanol–water partition coefficient (Wildman–Crippen LogP) is 25.1. The Kier molecular flexibility index (Phi) is 17.1. The summed E-state index contributed by atoms with van der Waals surface area (Å²) >= 11 is 0. The van der Waals surface area contributed by atoms with Gasteiger partial charge in [-0.3, -0.25) is 35.2 Å². The number of aromatic nitrogens is 22. The number of nitrogens with zero attached hydrogens (tertiary/aromatic N) is 23. The van der Waals surface area contributed by atoms with Gasteiger partial charge in [0, 0.05) is 55.6 Å². The molecule has 23 nitrogen and oxygen atoms in total. The third kappa shape index (κ3) is 11.9. The summed E-state index contributed by atoms with van der Waals surface area (Å²) in [5.74, 6) is 0. The SMILES string of the molecule is Cc1nc2c3ccccc3n3c4ccccc4nc3c3nc4ccccc4n3c2nc1C.c1ccc(N(c2ccccc2)c2ccc3c4ccccc4n4c5ccccc5nc4c4nc5ccccc5n4c3c2)cc1.c1ccc2c(c1)nc1c3nc4ccccc4n3c3cncnc3c3ccccc3n21.c1ccc2c(c1)nc1c3nc4ccccc4n3c3ncncc3c3ccccc3n21. The van der Waals surface area contributed by atoms with Crippen molar-refractivity contribution >= 4 is 238 Å². The van der Waals surface area contributed by atoms with Gasteiger partial charge < -0.3 is 4.90 Å². The predicted molar refractivity (Wildman–Crippen MR) is 542 cm³/mol. The van der Waals surface area contributed by atoms with Gasteiger partial charge in [0.2, 0.25) is 0 Å². The maximum atomic E-state index is 5.22. The lowest BCUT2D eigenvalue weighted by Crippen LogP contribution is -2.09. The molecule has 0 aliphatic carbocycles. The lowest BCUT2D eigenvalue weighted by atomic mass is 10.1. The van der Waals surface area contributed by atoms with Gasteiger partial charge in [-0.1, -0.05) is 212 Å². The minimum atomic E-state index is 0.760. The van der Waals surface area contributed by atoms with Gasteiger partial charge in [0.15, 0.2) is 50.8 Å². The van der Waals surface area contributed by atoms with Crippen LogP contribution < -0.4 is 4.90 Å². The van der Waals surface area contributed by atoms with E-state index >= 15 is 0 Å². The number of aryl methyl sites for hydroxylation is 2. The molecule has 30 aromatic rings. The Bertz CT molecular complexity index is 9810. The van der Waals surface area contributed by atoms with Crippen molar-refractivity contribution in [1.29, 1.82) is 0 Å². The molecule has 0 radical (unpaired) electrons. The molecule has 0 unspecified atom stereocenters. The third-order valence-corrected chi connectivity index (χ3v) is 25.8. The summed E-state index contributed by atoms with van der Waals surface area (Å²) in [7, 11) is 0. The Hall–Kier alpha value is -18.9. The molecule has 15 heterocycles. The van der Waals surface area contributed by atoms with Gasteiger partial charge in [0.05, 0.1) is 144 Å². The highest BCUT2D eigenvalue weighted by atomic mass is 15.2. The second-order valence-electron chi connectivity index (χ2n) is 33.4. The summed E-state index contributed by atoms with van der Waals surface area (Å²) in [6, 6.07) is 127. The van der Waals surface area contributed by atoms with E-state index < -0.39 is 0 Å². The smallest absolute Gasteiger partial charge is 0.183 e. The van der Waals surface area contributed by atoms with Gasteiger partial charge >= 0.3 is 0 Å². The van der Waals surface area contributed by atoms with Gasteiger partial charge in [-0.15, -0.1) is 0 Å². The molecular weight excluding hydrogens is 1670 g/mol. The van der Waals surface area contributed by atoms with Crippen LogP contribution in [0.2, 0.25) is 0 Å². The lowest BCUT2D eigenvalue weighted by molar-refractivity contribution is 1.07. The number of fused-ring (bicyclic) bond motifs is 48. The Labute approximate surface area is 763 Å². The Balaban J connectivity index is 0.0000000925. The minimum absolute atomic E-state index is 0.760. The maximum absolute atomic E-state index is 5.22.